The van der Waals surface area contributed by atoms with Crippen LogP contribution in [0.1, 0.15) is 25.1 Å². The van der Waals surface area contributed by atoms with Crippen LogP contribution in [0.2, 0.25) is 0 Å². The second kappa shape index (κ2) is 5.12. The number of nitrogens with one attached hydrogen (secondary N) is 1. The summed E-state index contributed by atoms with van der Waals surface area (Å²) >= 11 is 1.51. The van der Waals surface area contributed by atoms with Crippen molar-refractivity contribution in [2.45, 2.75) is 32.2 Å². The van der Waals surface area contributed by atoms with Gasteiger partial charge in [0.15, 0.2) is 0 Å². The van der Waals surface area contributed by atoms with E-state index in [0.29, 0.717) is 6.42 Å². The van der Waals surface area contributed by atoms with E-state index in [4.69, 9.17) is 5.11 Å². The predicted molar refractivity (Wildman–Crippen MR) is 62.5 cm³/mol. The molecular formula is C11H15NO3S. The van der Waals surface area contributed by atoms with Gasteiger partial charge in [-0.15, -0.1) is 11.3 Å². The fourth-order valence-corrected chi connectivity index (χ4v) is 2.12. The van der Waals surface area contributed by atoms with Crippen LogP contribution in [0.3, 0.4) is 0 Å². The van der Waals surface area contributed by atoms with Crippen LogP contribution in [-0.2, 0) is 16.0 Å². The summed E-state index contributed by atoms with van der Waals surface area (Å²) in [4.78, 5) is 23.1. The van der Waals surface area contributed by atoms with Crippen LogP contribution in [0.4, 0.5) is 0 Å². The molecule has 5 heteroatoms. The summed E-state index contributed by atoms with van der Waals surface area (Å²) in [5, 5.41) is 13.3. The zero-order valence-electron chi connectivity index (χ0n) is 9.32. The third-order valence-corrected chi connectivity index (χ3v) is 2.86. The molecule has 0 unspecified atom stereocenters. The number of carbonyl (C=O) groups excluding carboxylic acids is 1. The van der Waals surface area contributed by atoms with Gasteiger partial charge >= 0.3 is 5.97 Å². The molecule has 0 fully saturated rings. The van der Waals surface area contributed by atoms with Crippen molar-refractivity contribution < 1.29 is 14.7 Å². The Labute approximate surface area is 98.3 Å². The minimum absolute atomic E-state index is 0.0802. The van der Waals surface area contributed by atoms with Gasteiger partial charge in [-0.05, 0) is 25.3 Å². The van der Waals surface area contributed by atoms with Gasteiger partial charge in [0.2, 0.25) is 5.91 Å². The molecule has 4 nitrogen and oxygen atoms in total. The van der Waals surface area contributed by atoms with E-state index in [1.165, 1.54) is 11.3 Å². The lowest BCUT2D eigenvalue weighted by Crippen LogP contribution is -2.45. The van der Waals surface area contributed by atoms with Crippen molar-refractivity contribution in [3.63, 3.8) is 0 Å². The van der Waals surface area contributed by atoms with Gasteiger partial charge in [0.05, 0.1) is 12.8 Å². The highest BCUT2D eigenvalue weighted by atomic mass is 32.1. The van der Waals surface area contributed by atoms with Crippen molar-refractivity contribution in [3.05, 3.63) is 22.4 Å². The topological polar surface area (TPSA) is 66.4 Å². The molecule has 1 aromatic rings. The number of hydrogen-bond acceptors (Lipinski definition) is 3. The summed E-state index contributed by atoms with van der Waals surface area (Å²) in [5.41, 5.74) is -0.708. The molecule has 0 aromatic carbocycles. The van der Waals surface area contributed by atoms with Crippen molar-refractivity contribution in [1.82, 2.24) is 5.32 Å². The van der Waals surface area contributed by atoms with Crippen molar-refractivity contribution >= 4 is 23.2 Å². The van der Waals surface area contributed by atoms with Gasteiger partial charge in [0.1, 0.15) is 0 Å². The molecule has 1 aromatic heterocycles. The first-order valence-corrected chi connectivity index (χ1v) is 5.82. The zero-order valence-corrected chi connectivity index (χ0v) is 10.1. The molecule has 0 spiro atoms. The number of rotatable bonds is 5. The lowest BCUT2D eigenvalue weighted by atomic mass is 10.0. The molecule has 0 bridgehead atoms. The fraction of sp³-hybridized carbons (Fsp3) is 0.455. The Morgan fingerprint density at radius 1 is 1.50 bits per heavy atom. The first kappa shape index (κ1) is 12.7. The summed E-state index contributed by atoms with van der Waals surface area (Å²) in [6, 6.07) is 3.77. The summed E-state index contributed by atoms with van der Waals surface area (Å²) in [6.07, 6.45) is 0.226. The first-order chi connectivity index (χ1) is 7.39. The highest BCUT2D eigenvalue weighted by Crippen LogP contribution is 2.12. The molecule has 1 amide bonds. The first-order valence-electron chi connectivity index (χ1n) is 4.94. The molecule has 0 atom stereocenters. The van der Waals surface area contributed by atoms with E-state index in [-0.39, 0.29) is 12.3 Å². The van der Waals surface area contributed by atoms with Crippen LogP contribution < -0.4 is 5.32 Å². The van der Waals surface area contributed by atoms with Gasteiger partial charge in [0, 0.05) is 10.4 Å². The smallest absolute Gasteiger partial charge is 0.305 e. The van der Waals surface area contributed by atoms with Gasteiger partial charge in [-0.2, -0.15) is 0 Å². The van der Waals surface area contributed by atoms with Crippen LogP contribution in [0.15, 0.2) is 17.5 Å². The lowest BCUT2D eigenvalue weighted by Gasteiger charge is -2.24. The van der Waals surface area contributed by atoms with Gasteiger partial charge in [0.25, 0.3) is 0 Å². The molecule has 0 saturated carbocycles. The summed E-state index contributed by atoms with van der Waals surface area (Å²) in [5.74, 6) is -1.06. The van der Waals surface area contributed by atoms with E-state index in [2.05, 4.69) is 5.32 Å². The van der Waals surface area contributed by atoms with Crippen LogP contribution >= 0.6 is 11.3 Å². The van der Waals surface area contributed by atoms with Crippen molar-refractivity contribution in [3.8, 4) is 0 Å². The second-order valence-electron chi connectivity index (χ2n) is 4.26. The molecule has 0 aliphatic carbocycles. The van der Waals surface area contributed by atoms with E-state index >= 15 is 0 Å². The van der Waals surface area contributed by atoms with Gasteiger partial charge in [-0.3, -0.25) is 9.59 Å². The molecule has 0 saturated heterocycles. The fourth-order valence-electron chi connectivity index (χ4n) is 1.42. The molecule has 0 aliphatic heterocycles. The zero-order chi connectivity index (χ0) is 12.2. The number of carboxylic acids is 1. The van der Waals surface area contributed by atoms with Crippen molar-refractivity contribution in [1.29, 1.82) is 0 Å². The summed E-state index contributed by atoms with van der Waals surface area (Å²) < 4.78 is 0. The molecule has 1 rings (SSSR count). The highest BCUT2D eigenvalue weighted by molar-refractivity contribution is 7.10. The molecule has 0 radical (unpaired) electrons. The Hall–Kier alpha value is -1.36. The molecule has 88 valence electrons. The van der Waals surface area contributed by atoms with E-state index in [9.17, 15) is 9.59 Å². The molecular weight excluding hydrogens is 226 g/mol. The van der Waals surface area contributed by atoms with E-state index in [0.717, 1.165) is 4.88 Å². The quantitative estimate of drug-likeness (QED) is 0.824. The average molecular weight is 241 g/mol. The van der Waals surface area contributed by atoms with Gasteiger partial charge in [-0.25, -0.2) is 0 Å². The van der Waals surface area contributed by atoms with E-state index < -0.39 is 11.5 Å². The number of amides is 1. The summed E-state index contributed by atoms with van der Waals surface area (Å²) in [6.45, 7) is 3.40. The maximum atomic E-state index is 11.6. The lowest BCUT2D eigenvalue weighted by molar-refractivity contribution is -0.138. The van der Waals surface area contributed by atoms with Crippen LogP contribution in [0, 0.1) is 0 Å². The molecule has 1 heterocycles. The van der Waals surface area contributed by atoms with Crippen molar-refractivity contribution in [2.24, 2.45) is 0 Å². The van der Waals surface area contributed by atoms with Crippen LogP contribution in [-0.4, -0.2) is 22.5 Å². The van der Waals surface area contributed by atoms with Gasteiger partial charge < -0.3 is 10.4 Å². The van der Waals surface area contributed by atoms with Gasteiger partial charge in [-0.1, -0.05) is 6.07 Å². The van der Waals surface area contributed by atoms with E-state index in [1.807, 2.05) is 17.5 Å². The number of hydrogen-bond donors (Lipinski definition) is 2. The molecule has 0 aliphatic rings. The second-order valence-corrected chi connectivity index (χ2v) is 5.29. The van der Waals surface area contributed by atoms with E-state index in [1.54, 1.807) is 13.8 Å². The Morgan fingerprint density at radius 3 is 2.69 bits per heavy atom. The largest absolute Gasteiger partial charge is 0.481 e. The normalized spacial score (nSPS) is 11.1. The number of aliphatic carboxylic acids is 1. The van der Waals surface area contributed by atoms with Crippen LogP contribution in [0.5, 0.6) is 0 Å². The molecule has 2 N–H and O–H groups in total. The van der Waals surface area contributed by atoms with Crippen molar-refractivity contribution in [2.75, 3.05) is 0 Å². The SMILES string of the molecule is CC(C)(CC(=O)O)NC(=O)Cc1cccs1. The minimum Gasteiger partial charge on any atom is -0.481 e. The number of carbonyl (C=O) groups is 2. The minimum atomic E-state index is -0.915. The average Bonchev–Trinajstić information content (AvgIpc) is 2.51. The highest BCUT2D eigenvalue weighted by Gasteiger charge is 2.23. The Morgan fingerprint density at radius 2 is 2.19 bits per heavy atom. The summed E-state index contributed by atoms with van der Waals surface area (Å²) in [7, 11) is 0. The Balaban J connectivity index is 2.47. The Kier molecular flexibility index (Phi) is 4.06. The third-order valence-electron chi connectivity index (χ3n) is 1.99. The number of carboxylic acid groups (broad SMARTS) is 1. The maximum absolute atomic E-state index is 11.6. The monoisotopic (exact) mass is 241 g/mol. The maximum Gasteiger partial charge on any atom is 0.305 e. The predicted octanol–water partition coefficient (Wildman–Crippen LogP) is 1.66. The molecule has 16 heavy (non-hydrogen) atoms. The Bertz CT molecular complexity index is 371. The number of thiophene rings is 1. The van der Waals surface area contributed by atoms with Crippen LogP contribution in [0.25, 0.3) is 0 Å². The standard InChI is InChI=1S/C11H15NO3S/c1-11(2,7-10(14)15)12-9(13)6-8-4-3-5-16-8/h3-5H,6-7H2,1-2H3,(H,12,13)(H,14,15). The third kappa shape index (κ3) is 4.44.